The van der Waals surface area contributed by atoms with Crippen molar-refractivity contribution in [3.63, 3.8) is 0 Å². The molecule has 4 aliphatic rings. The molecule has 10 radical (unpaired) electrons. The Balaban J connectivity index is 0.000000431. The van der Waals surface area contributed by atoms with Crippen LogP contribution in [0.1, 0.15) is 43.9 Å². The number of H-pyrrole nitrogens is 1. The Kier molecular flexibility index (Phi) is 8.72. The average molecular weight is 510 g/mol. The van der Waals surface area contributed by atoms with Gasteiger partial charge in [-0.3, -0.25) is 9.69 Å². The average Bonchev–Trinajstić information content (AvgIpc) is 3.59. The molecule has 4 nitrogen and oxygen atoms in total. The monoisotopic (exact) mass is 510 g/mol. The first kappa shape index (κ1) is 26.8. The molecule has 1 aromatic carbocycles. The van der Waals surface area contributed by atoms with E-state index in [1.807, 2.05) is 38.2 Å². The molecule has 1 N–H and O–H groups in total. The van der Waals surface area contributed by atoms with E-state index in [-0.39, 0.29) is 34.4 Å². The minimum Gasteiger partial charge on any atom is -0.468 e. The molecular weight excluding hydrogens is 476 g/mol. The standard InChI is InChI=1S/C25H29N2O2.C5H5.Fe/c1-25(2)13-11-16-7-6-9-17(16)23(25)27-14-12-19-18-8-4-5-10-21(18)26-22(19)20(15-27)24(28)29-3;1-2-4-5-3-1;/h4-10,20,23,26H,11-15H2,1-3H3;1-5H;/q;;+2. The largest absolute Gasteiger partial charge is 2.00 e. The van der Waals surface area contributed by atoms with Crippen LogP contribution in [0.5, 0.6) is 0 Å². The van der Waals surface area contributed by atoms with E-state index in [4.69, 9.17) is 4.74 Å². The van der Waals surface area contributed by atoms with E-state index in [1.54, 1.807) is 0 Å². The van der Waals surface area contributed by atoms with Crippen molar-refractivity contribution in [2.24, 2.45) is 5.41 Å². The molecule has 3 aliphatic carbocycles. The van der Waals surface area contributed by atoms with E-state index < -0.39 is 0 Å². The summed E-state index contributed by atoms with van der Waals surface area (Å²) in [7, 11) is 1.50. The third-order valence-corrected chi connectivity index (χ3v) is 7.69. The van der Waals surface area contributed by atoms with Gasteiger partial charge in [-0.25, -0.2) is 0 Å². The molecule has 2 atom stereocenters. The fraction of sp³-hybridized carbons (Fsp3) is 0.367. The number of benzene rings is 1. The van der Waals surface area contributed by atoms with Crippen molar-refractivity contribution >= 4 is 16.9 Å². The van der Waals surface area contributed by atoms with Crippen molar-refractivity contribution in [1.29, 1.82) is 0 Å². The summed E-state index contributed by atoms with van der Waals surface area (Å²) in [5.74, 6) is 2.47. The second-order valence-electron chi connectivity index (χ2n) is 10.2. The minimum atomic E-state index is -0.291. The molecule has 2 heterocycles. The van der Waals surface area contributed by atoms with Crippen LogP contribution >= 0.6 is 0 Å². The topological polar surface area (TPSA) is 45.3 Å². The zero-order valence-corrected chi connectivity index (χ0v) is 21.8. The van der Waals surface area contributed by atoms with E-state index in [0.29, 0.717) is 12.6 Å². The first-order valence-corrected chi connectivity index (χ1v) is 12.3. The molecule has 0 spiro atoms. The normalized spacial score (nSPS) is 26.7. The maximum Gasteiger partial charge on any atom is 2.00 e. The Morgan fingerprint density at radius 2 is 1.74 bits per heavy atom. The third-order valence-electron chi connectivity index (χ3n) is 7.69. The molecule has 2 aromatic rings. The van der Waals surface area contributed by atoms with Crippen LogP contribution < -0.4 is 0 Å². The molecule has 1 aromatic heterocycles. The number of esters is 1. The first-order valence-electron chi connectivity index (χ1n) is 12.3. The van der Waals surface area contributed by atoms with Gasteiger partial charge in [-0.1, -0.05) is 32.0 Å². The number of aromatic nitrogens is 1. The molecule has 3 saturated carbocycles. The van der Waals surface area contributed by atoms with Gasteiger partial charge >= 0.3 is 23.0 Å². The van der Waals surface area contributed by atoms with Crippen molar-refractivity contribution in [3.8, 4) is 0 Å². The van der Waals surface area contributed by atoms with Gasteiger partial charge in [0.25, 0.3) is 0 Å². The number of nitrogens with zero attached hydrogens (tertiary/aromatic N) is 1. The first-order chi connectivity index (χ1) is 16.5. The number of carbonyl (C=O) groups excluding carboxylic acids is 1. The van der Waals surface area contributed by atoms with Crippen LogP contribution in [-0.2, 0) is 33.0 Å². The number of aromatic amines is 1. The molecule has 1 aliphatic heterocycles. The molecule has 0 bridgehead atoms. The van der Waals surface area contributed by atoms with Gasteiger partial charge in [0.15, 0.2) is 0 Å². The molecule has 5 heteroatoms. The van der Waals surface area contributed by atoms with Crippen molar-refractivity contribution < 1.29 is 26.6 Å². The van der Waals surface area contributed by atoms with E-state index >= 15 is 0 Å². The van der Waals surface area contributed by atoms with E-state index in [9.17, 15) is 4.79 Å². The van der Waals surface area contributed by atoms with E-state index in [0.717, 1.165) is 30.6 Å². The number of ether oxygens (including phenoxy) is 1. The molecule has 2 unspecified atom stereocenters. The number of carbonyl (C=O) groups is 1. The molecular formula is C30H34FeN2O2+2. The van der Waals surface area contributed by atoms with Crippen LogP contribution in [0.2, 0.25) is 0 Å². The van der Waals surface area contributed by atoms with Crippen LogP contribution in [0.15, 0.2) is 24.3 Å². The number of methoxy groups -OCH3 is 1. The van der Waals surface area contributed by atoms with Crippen LogP contribution in [0.4, 0.5) is 0 Å². The number of hydrogen-bond acceptors (Lipinski definition) is 3. The van der Waals surface area contributed by atoms with Gasteiger partial charge in [0.2, 0.25) is 0 Å². The summed E-state index contributed by atoms with van der Waals surface area (Å²) in [4.78, 5) is 19.0. The maximum absolute atomic E-state index is 12.9. The Morgan fingerprint density at radius 1 is 1.03 bits per heavy atom. The van der Waals surface area contributed by atoms with Crippen LogP contribution in [0, 0.1) is 68.6 Å². The number of hydrogen-bond donors (Lipinski definition) is 1. The quantitative estimate of drug-likeness (QED) is 0.443. The molecule has 35 heavy (non-hydrogen) atoms. The van der Waals surface area contributed by atoms with Gasteiger partial charge in [-0.15, -0.1) is 0 Å². The number of nitrogens with one attached hydrogen (secondary N) is 1. The van der Waals surface area contributed by atoms with Gasteiger partial charge < -0.3 is 9.72 Å². The van der Waals surface area contributed by atoms with E-state index in [2.05, 4.69) is 61.2 Å². The van der Waals surface area contributed by atoms with Crippen LogP contribution in [-0.4, -0.2) is 42.1 Å². The second-order valence-corrected chi connectivity index (χ2v) is 10.2. The van der Waals surface area contributed by atoms with Crippen molar-refractivity contribution in [2.75, 3.05) is 20.2 Å². The summed E-state index contributed by atoms with van der Waals surface area (Å²) in [6.45, 7) is 6.38. The van der Waals surface area contributed by atoms with Crippen molar-refractivity contribution in [3.05, 3.63) is 98.7 Å². The fourth-order valence-corrected chi connectivity index (χ4v) is 6.02. The maximum atomic E-state index is 12.9. The van der Waals surface area contributed by atoms with Crippen molar-refractivity contribution in [2.45, 2.75) is 45.1 Å². The minimum absolute atomic E-state index is 0. The molecule has 0 saturated heterocycles. The Labute approximate surface area is 222 Å². The summed E-state index contributed by atoms with van der Waals surface area (Å²) in [5, 5.41) is 1.23. The predicted octanol–water partition coefficient (Wildman–Crippen LogP) is 5.27. The zero-order chi connectivity index (χ0) is 23.7. The van der Waals surface area contributed by atoms with E-state index in [1.165, 1.54) is 36.3 Å². The molecule has 182 valence electrons. The van der Waals surface area contributed by atoms with Gasteiger partial charge in [-0.2, -0.15) is 0 Å². The number of para-hydroxylation sites is 1. The SMILES string of the molecule is COC(=O)C1CN(C2[C]3[CH][CH][CH][C]3CCC2(C)C)CCc2c1[nH]c1ccccc21.[CH]1[CH][CH][CH][CH]1.[Fe+2]. The van der Waals surface area contributed by atoms with Gasteiger partial charge in [0, 0.05) is 41.6 Å². The Bertz CT molecular complexity index is 988. The number of rotatable bonds is 2. The second kappa shape index (κ2) is 11.4. The predicted molar refractivity (Wildman–Crippen MR) is 136 cm³/mol. The van der Waals surface area contributed by atoms with Crippen molar-refractivity contribution in [1.82, 2.24) is 9.88 Å². The fourth-order valence-electron chi connectivity index (χ4n) is 6.02. The smallest absolute Gasteiger partial charge is 0.468 e. The summed E-state index contributed by atoms with van der Waals surface area (Å²) < 4.78 is 5.25. The van der Waals surface area contributed by atoms with Gasteiger partial charge in [0.05, 0.1) is 7.11 Å². The summed E-state index contributed by atoms with van der Waals surface area (Å²) in [6, 6.07) is 8.69. The molecule has 0 amide bonds. The summed E-state index contributed by atoms with van der Waals surface area (Å²) in [5.41, 5.74) is 3.59. The Morgan fingerprint density at radius 3 is 2.46 bits per heavy atom. The van der Waals surface area contributed by atoms with Crippen LogP contribution in [0.25, 0.3) is 10.9 Å². The molecule has 3 fully saturated rings. The zero-order valence-electron chi connectivity index (χ0n) is 20.7. The van der Waals surface area contributed by atoms with Crippen LogP contribution in [0.3, 0.4) is 0 Å². The Hall–Kier alpha value is -1.29. The summed E-state index contributed by atoms with van der Waals surface area (Å²) in [6.07, 6.45) is 20.0. The third kappa shape index (κ3) is 5.38. The molecule has 6 rings (SSSR count). The van der Waals surface area contributed by atoms with Gasteiger partial charge in [-0.05, 0) is 93.6 Å². The van der Waals surface area contributed by atoms with Gasteiger partial charge in [0.1, 0.15) is 5.92 Å². The number of fused-ring (bicyclic) bond motifs is 4. The summed E-state index contributed by atoms with van der Waals surface area (Å²) >= 11 is 0.